The lowest BCUT2D eigenvalue weighted by Crippen LogP contribution is -2.04. The van der Waals surface area contributed by atoms with Gasteiger partial charge in [-0.25, -0.2) is 8.42 Å². The van der Waals surface area contributed by atoms with E-state index in [0.29, 0.717) is 0 Å². The van der Waals surface area contributed by atoms with Crippen LogP contribution >= 0.6 is 0 Å². The molecule has 0 fully saturated rings. The minimum absolute atomic E-state index is 0.0883. The number of nitriles is 1. The summed E-state index contributed by atoms with van der Waals surface area (Å²) in [5.41, 5.74) is -0.189. The summed E-state index contributed by atoms with van der Waals surface area (Å²) in [4.78, 5) is 9.58. The fourth-order valence-corrected chi connectivity index (χ4v) is 1.83. The van der Waals surface area contributed by atoms with Crippen LogP contribution in [0, 0.1) is 21.4 Å². The van der Waals surface area contributed by atoms with Crippen LogP contribution < -0.4 is 0 Å². The van der Waals surface area contributed by atoms with E-state index in [9.17, 15) is 18.5 Å². The van der Waals surface area contributed by atoms with Gasteiger partial charge in [-0.3, -0.25) is 10.1 Å². The Morgan fingerprint density at radius 1 is 1.33 bits per heavy atom. The third-order valence-corrected chi connectivity index (χ3v) is 3.16. The summed E-state index contributed by atoms with van der Waals surface area (Å²) in [5, 5.41) is 18.6. The molecule has 78 valence electrons. The average Bonchev–Trinajstić information content (AvgIpc) is 2.18. The molecule has 15 heavy (non-hydrogen) atoms. The number of hydrogen-bond acceptors (Lipinski definition) is 5. The first-order chi connectivity index (χ1) is 6.97. The predicted octanol–water partition coefficient (Wildman–Crippen LogP) is 0.892. The van der Waals surface area contributed by atoms with Crippen molar-refractivity contribution in [2.45, 2.75) is 4.90 Å². The van der Waals surface area contributed by atoms with E-state index in [-0.39, 0.29) is 10.6 Å². The van der Waals surface area contributed by atoms with Gasteiger partial charge in [0.1, 0.15) is 5.75 Å². The Kier molecular flexibility index (Phi) is 3.01. The van der Waals surface area contributed by atoms with Crippen molar-refractivity contribution in [2.75, 3.05) is 5.75 Å². The highest BCUT2D eigenvalue weighted by molar-refractivity contribution is 7.91. The van der Waals surface area contributed by atoms with E-state index in [4.69, 9.17) is 5.26 Å². The second-order valence-electron chi connectivity index (χ2n) is 2.67. The number of sulfone groups is 1. The Bertz CT molecular complexity index is 513. The number of rotatable bonds is 3. The summed E-state index contributed by atoms with van der Waals surface area (Å²) in [5.74, 6) is -0.634. The minimum atomic E-state index is -3.64. The van der Waals surface area contributed by atoms with Gasteiger partial charge in [0.2, 0.25) is 0 Å². The second kappa shape index (κ2) is 4.06. The van der Waals surface area contributed by atoms with E-state index in [2.05, 4.69) is 0 Å². The van der Waals surface area contributed by atoms with Crippen LogP contribution in [-0.2, 0) is 9.84 Å². The topological polar surface area (TPSA) is 101 Å². The molecule has 0 saturated heterocycles. The molecule has 0 aliphatic carbocycles. The number of nitro groups is 1. The first-order valence-electron chi connectivity index (χ1n) is 3.81. The molecule has 0 amide bonds. The molecule has 6 nitrogen and oxygen atoms in total. The molecule has 0 N–H and O–H groups in total. The predicted molar refractivity (Wildman–Crippen MR) is 50.8 cm³/mol. The summed E-state index contributed by atoms with van der Waals surface area (Å²) < 4.78 is 22.6. The number of nitro benzene ring substituents is 1. The number of non-ortho nitro benzene ring substituents is 1. The Morgan fingerprint density at radius 3 is 2.27 bits per heavy atom. The monoisotopic (exact) mass is 226 g/mol. The summed E-state index contributed by atoms with van der Waals surface area (Å²) >= 11 is 0. The zero-order chi connectivity index (χ0) is 11.5. The van der Waals surface area contributed by atoms with E-state index in [1.165, 1.54) is 6.07 Å². The molecule has 0 aliphatic heterocycles. The molecule has 1 aromatic rings. The van der Waals surface area contributed by atoms with Crippen LogP contribution in [0.4, 0.5) is 5.69 Å². The van der Waals surface area contributed by atoms with Crippen LogP contribution in [0.1, 0.15) is 0 Å². The number of benzene rings is 1. The summed E-state index contributed by atoms with van der Waals surface area (Å²) in [7, 11) is -3.64. The molecule has 0 aliphatic rings. The van der Waals surface area contributed by atoms with Crippen molar-refractivity contribution >= 4 is 15.5 Å². The van der Waals surface area contributed by atoms with Gasteiger partial charge in [0.15, 0.2) is 9.84 Å². The van der Waals surface area contributed by atoms with Gasteiger partial charge in [-0.1, -0.05) is 0 Å². The lowest BCUT2D eigenvalue weighted by Gasteiger charge is -1.98. The fourth-order valence-electron chi connectivity index (χ4n) is 0.944. The second-order valence-corrected chi connectivity index (χ2v) is 4.66. The fraction of sp³-hybridized carbons (Fsp3) is 0.125. The van der Waals surface area contributed by atoms with Crippen LogP contribution in [-0.4, -0.2) is 19.1 Å². The summed E-state index contributed by atoms with van der Waals surface area (Å²) in [6.07, 6.45) is 0. The maximum absolute atomic E-state index is 11.3. The molecule has 0 saturated carbocycles. The molecular formula is C8H6N2O4S. The Morgan fingerprint density at radius 2 is 1.87 bits per heavy atom. The number of nitrogens with zero attached hydrogens (tertiary/aromatic N) is 2. The van der Waals surface area contributed by atoms with Gasteiger partial charge in [-0.2, -0.15) is 5.26 Å². The normalized spacial score (nSPS) is 10.6. The molecule has 0 bridgehead atoms. The van der Waals surface area contributed by atoms with Gasteiger partial charge in [-0.15, -0.1) is 0 Å². The lowest BCUT2D eigenvalue weighted by molar-refractivity contribution is -0.384. The molecule has 1 rings (SSSR count). The highest BCUT2D eigenvalue weighted by Crippen LogP contribution is 2.16. The Balaban J connectivity index is 3.11. The SMILES string of the molecule is N#CCS(=O)(=O)c1ccc([N+](=O)[O-])cc1. The highest BCUT2D eigenvalue weighted by Gasteiger charge is 2.15. The zero-order valence-corrected chi connectivity index (χ0v) is 8.27. The Labute approximate surface area is 85.8 Å². The quantitative estimate of drug-likeness (QED) is 0.562. The van der Waals surface area contributed by atoms with Gasteiger partial charge in [0.05, 0.1) is 15.9 Å². The van der Waals surface area contributed by atoms with Crippen molar-refractivity contribution in [2.24, 2.45) is 0 Å². The van der Waals surface area contributed by atoms with Crippen molar-refractivity contribution in [3.8, 4) is 6.07 Å². The van der Waals surface area contributed by atoms with E-state index in [0.717, 1.165) is 24.3 Å². The average molecular weight is 226 g/mol. The smallest absolute Gasteiger partial charge is 0.258 e. The standard InChI is InChI=1S/C8H6N2O4S/c9-5-6-15(13,14)8-3-1-7(2-4-8)10(11)12/h1-4H,6H2. The maximum Gasteiger partial charge on any atom is 0.269 e. The molecule has 0 heterocycles. The molecule has 0 aromatic heterocycles. The first-order valence-corrected chi connectivity index (χ1v) is 5.47. The third kappa shape index (κ3) is 2.51. The van der Waals surface area contributed by atoms with Gasteiger partial charge in [0.25, 0.3) is 5.69 Å². The highest BCUT2D eigenvalue weighted by atomic mass is 32.2. The van der Waals surface area contributed by atoms with Crippen molar-refractivity contribution in [3.63, 3.8) is 0 Å². The third-order valence-electron chi connectivity index (χ3n) is 1.66. The van der Waals surface area contributed by atoms with Crippen molar-refractivity contribution in [3.05, 3.63) is 34.4 Å². The van der Waals surface area contributed by atoms with Gasteiger partial charge >= 0.3 is 0 Å². The van der Waals surface area contributed by atoms with Gasteiger partial charge < -0.3 is 0 Å². The summed E-state index contributed by atoms with van der Waals surface area (Å²) in [6.45, 7) is 0. The minimum Gasteiger partial charge on any atom is -0.258 e. The molecular weight excluding hydrogens is 220 g/mol. The van der Waals surface area contributed by atoms with E-state index in [1.54, 1.807) is 0 Å². The molecule has 7 heteroatoms. The molecule has 0 unspecified atom stereocenters. The van der Waals surface area contributed by atoms with Crippen LogP contribution in [0.25, 0.3) is 0 Å². The largest absolute Gasteiger partial charge is 0.269 e. The van der Waals surface area contributed by atoms with E-state index in [1.807, 2.05) is 0 Å². The maximum atomic E-state index is 11.3. The molecule has 0 atom stereocenters. The Hall–Kier alpha value is -1.94. The van der Waals surface area contributed by atoms with Gasteiger partial charge in [0, 0.05) is 12.1 Å². The molecule has 0 radical (unpaired) electrons. The van der Waals surface area contributed by atoms with Crippen LogP contribution in [0.15, 0.2) is 29.2 Å². The van der Waals surface area contributed by atoms with Crippen molar-refractivity contribution < 1.29 is 13.3 Å². The van der Waals surface area contributed by atoms with E-state index < -0.39 is 20.5 Å². The van der Waals surface area contributed by atoms with Crippen molar-refractivity contribution in [1.29, 1.82) is 5.26 Å². The van der Waals surface area contributed by atoms with Crippen molar-refractivity contribution in [1.82, 2.24) is 0 Å². The zero-order valence-electron chi connectivity index (χ0n) is 7.45. The van der Waals surface area contributed by atoms with Crippen LogP contribution in [0.5, 0.6) is 0 Å². The van der Waals surface area contributed by atoms with Crippen LogP contribution in [0.2, 0.25) is 0 Å². The first kappa shape index (κ1) is 11.1. The lowest BCUT2D eigenvalue weighted by atomic mass is 10.3. The molecule has 0 spiro atoms. The summed E-state index contributed by atoms with van der Waals surface area (Å²) in [6, 6.07) is 5.93. The van der Waals surface area contributed by atoms with E-state index >= 15 is 0 Å². The van der Waals surface area contributed by atoms with Gasteiger partial charge in [-0.05, 0) is 12.1 Å². The number of hydrogen-bond donors (Lipinski definition) is 0. The molecule has 1 aromatic carbocycles. The van der Waals surface area contributed by atoms with Crippen LogP contribution in [0.3, 0.4) is 0 Å².